The molecule has 0 spiro atoms. The van der Waals surface area contributed by atoms with Crippen LogP contribution in [-0.2, 0) is 6.42 Å². The zero-order valence-electron chi connectivity index (χ0n) is 14.3. The third-order valence-corrected chi connectivity index (χ3v) is 4.60. The van der Waals surface area contributed by atoms with Gasteiger partial charge in [-0.2, -0.15) is 5.10 Å². The fourth-order valence-electron chi connectivity index (χ4n) is 3.32. The van der Waals surface area contributed by atoms with Crippen LogP contribution in [0, 0.1) is 5.92 Å². The highest BCUT2D eigenvalue weighted by Crippen LogP contribution is 2.23. The number of urea groups is 1. The largest absolute Gasteiger partial charge is 0.324 e. The number of rotatable bonds is 4. The van der Waals surface area contributed by atoms with Gasteiger partial charge in [-0.05, 0) is 36.5 Å². The molecule has 7 heteroatoms. The van der Waals surface area contributed by atoms with Gasteiger partial charge in [-0.3, -0.25) is 0 Å². The number of amides is 2. The molecule has 1 atom stereocenters. The van der Waals surface area contributed by atoms with Gasteiger partial charge in [0.25, 0.3) is 0 Å². The molecule has 2 aromatic heterocycles. The van der Waals surface area contributed by atoms with E-state index < -0.39 is 0 Å². The first-order valence-electron chi connectivity index (χ1n) is 8.69. The molecule has 1 N–H and O–H groups in total. The number of aromatic nitrogens is 4. The van der Waals surface area contributed by atoms with Crippen LogP contribution in [0.5, 0.6) is 0 Å². The number of nitrogens with zero attached hydrogens (tertiary/aromatic N) is 5. The summed E-state index contributed by atoms with van der Waals surface area (Å²) in [5.74, 6) is 1.05. The van der Waals surface area contributed by atoms with Crippen LogP contribution >= 0.6 is 0 Å². The van der Waals surface area contributed by atoms with Crippen molar-refractivity contribution in [3.8, 4) is 5.82 Å². The minimum Gasteiger partial charge on any atom is -0.324 e. The van der Waals surface area contributed by atoms with Gasteiger partial charge in [0, 0.05) is 19.3 Å². The average Bonchev–Trinajstić information content (AvgIpc) is 3.35. The van der Waals surface area contributed by atoms with E-state index >= 15 is 0 Å². The number of hydrogen-bond acceptors (Lipinski definition) is 4. The molecular weight excluding hydrogens is 328 g/mol. The topological polar surface area (TPSA) is 75.9 Å². The van der Waals surface area contributed by atoms with E-state index in [-0.39, 0.29) is 6.03 Å². The third-order valence-electron chi connectivity index (χ3n) is 4.60. The second kappa shape index (κ2) is 7.35. The molecule has 0 saturated carbocycles. The van der Waals surface area contributed by atoms with E-state index in [0.29, 0.717) is 17.4 Å². The van der Waals surface area contributed by atoms with Crippen molar-refractivity contribution in [2.75, 3.05) is 18.4 Å². The molecule has 132 valence electrons. The van der Waals surface area contributed by atoms with Crippen LogP contribution in [-0.4, -0.2) is 43.8 Å². The molecule has 7 nitrogen and oxygen atoms in total. The second-order valence-electron chi connectivity index (χ2n) is 6.44. The molecule has 1 fully saturated rings. The standard InChI is InChI=1S/C19H20N6O/c26-19(23-17-7-4-9-21-18(17)25-14-20-13-22-25)24-10-8-16(12-24)11-15-5-2-1-3-6-15/h1-7,9,13-14,16H,8,10-12H2,(H,23,26)/t16-/m1/s1. The van der Waals surface area contributed by atoms with Crippen molar-refractivity contribution in [3.05, 3.63) is 66.9 Å². The number of pyridine rings is 1. The van der Waals surface area contributed by atoms with E-state index in [0.717, 1.165) is 25.9 Å². The molecule has 1 aliphatic heterocycles. The molecule has 3 aromatic rings. The Kier molecular flexibility index (Phi) is 4.59. The van der Waals surface area contributed by atoms with Crippen LogP contribution in [0.4, 0.5) is 10.5 Å². The molecule has 0 bridgehead atoms. The molecule has 1 aromatic carbocycles. The summed E-state index contributed by atoms with van der Waals surface area (Å²) in [6.07, 6.45) is 6.68. The number of benzene rings is 1. The summed E-state index contributed by atoms with van der Waals surface area (Å²) in [5, 5.41) is 7.05. The highest BCUT2D eigenvalue weighted by molar-refractivity contribution is 5.91. The predicted octanol–water partition coefficient (Wildman–Crippen LogP) is 2.76. The summed E-state index contributed by atoms with van der Waals surface area (Å²) in [5.41, 5.74) is 1.94. The lowest BCUT2D eigenvalue weighted by atomic mass is 9.99. The highest BCUT2D eigenvalue weighted by Gasteiger charge is 2.27. The Labute approximate surface area is 151 Å². The van der Waals surface area contributed by atoms with Gasteiger partial charge >= 0.3 is 6.03 Å². The number of likely N-dealkylation sites (tertiary alicyclic amines) is 1. The lowest BCUT2D eigenvalue weighted by Gasteiger charge is -2.18. The minimum absolute atomic E-state index is 0.102. The summed E-state index contributed by atoms with van der Waals surface area (Å²) in [6, 6.07) is 13.9. The molecule has 4 rings (SSSR count). The predicted molar refractivity (Wildman–Crippen MR) is 98.0 cm³/mol. The first-order valence-corrected chi connectivity index (χ1v) is 8.69. The molecule has 1 aliphatic rings. The monoisotopic (exact) mass is 348 g/mol. The van der Waals surface area contributed by atoms with Gasteiger partial charge in [-0.1, -0.05) is 30.3 Å². The minimum atomic E-state index is -0.102. The lowest BCUT2D eigenvalue weighted by molar-refractivity contribution is 0.221. The van der Waals surface area contributed by atoms with E-state index in [1.807, 2.05) is 17.0 Å². The van der Waals surface area contributed by atoms with Crippen molar-refractivity contribution in [2.45, 2.75) is 12.8 Å². The summed E-state index contributed by atoms with van der Waals surface area (Å²) in [7, 11) is 0. The maximum atomic E-state index is 12.7. The van der Waals surface area contributed by atoms with Crippen LogP contribution in [0.3, 0.4) is 0 Å². The summed E-state index contributed by atoms with van der Waals surface area (Å²) in [4.78, 5) is 22.8. The number of carbonyl (C=O) groups is 1. The maximum Gasteiger partial charge on any atom is 0.321 e. The first kappa shape index (κ1) is 16.3. The fraction of sp³-hybridized carbons (Fsp3) is 0.263. The molecular formula is C19H20N6O. The van der Waals surface area contributed by atoms with E-state index in [1.54, 1.807) is 18.6 Å². The Morgan fingerprint density at radius 2 is 2.08 bits per heavy atom. The van der Waals surface area contributed by atoms with Crippen molar-refractivity contribution in [1.29, 1.82) is 0 Å². The van der Waals surface area contributed by atoms with Crippen LogP contribution < -0.4 is 5.32 Å². The zero-order valence-corrected chi connectivity index (χ0v) is 14.3. The first-order chi connectivity index (χ1) is 12.8. The van der Waals surface area contributed by atoms with Crippen molar-refractivity contribution in [3.63, 3.8) is 0 Å². The van der Waals surface area contributed by atoms with E-state index in [2.05, 4.69) is 44.6 Å². The van der Waals surface area contributed by atoms with Crippen LogP contribution in [0.1, 0.15) is 12.0 Å². The Bertz CT molecular complexity index is 865. The smallest absolute Gasteiger partial charge is 0.321 e. The Morgan fingerprint density at radius 3 is 2.88 bits per heavy atom. The van der Waals surface area contributed by atoms with E-state index in [4.69, 9.17) is 0 Å². The van der Waals surface area contributed by atoms with Crippen molar-refractivity contribution in [2.24, 2.45) is 5.92 Å². The SMILES string of the molecule is O=C(Nc1cccnc1-n1cncn1)N1CC[C@H](Cc2ccccc2)C1. The molecule has 26 heavy (non-hydrogen) atoms. The quantitative estimate of drug-likeness (QED) is 0.787. The summed E-state index contributed by atoms with van der Waals surface area (Å²) < 4.78 is 1.54. The number of anilines is 1. The maximum absolute atomic E-state index is 12.7. The third kappa shape index (κ3) is 3.56. The molecule has 2 amide bonds. The van der Waals surface area contributed by atoms with Crippen molar-refractivity contribution >= 4 is 11.7 Å². The molecule has 0 aliphatic carbocycles. The van der Waals surface area contributed by atoms with Gasteiger partial charge in [0.05, 0.1) is 5.69 Å². The second-order valence-corrected chi connectivity index (χ2v) is 6.44. The Hall–Kier alpha value is -3.22. The molecule has 0 radical (unpaired) electrons. The summed E-state index contributed by atoms with van der Waals surface area (Å²) in [6.45, 7) is 1.53. The summed E-state index contributed by atoms with van der Waals surface area (Å²) >= 11 is 0. The highest BCUT2D eigenvalue weighted by atomic mass is 16.2. The van der Waals surface area contributed by atoms with Gasteiger partial charge in [-0.15, -0.1) is 0 Å². The molecule has 3 heterocycles. The van der Waals surface area contributed by atoms with Crippen molar-refractivity contribution < 1.29 is 4.79 Å². The fourth-order valence-corrected chi connectivity index (χ4v) is 3.32. The van der Waals surface area contributed by atoms with Gasteiger partial charge in [0.1, 0.15) is 12.7 Å². The molecule has 0 unspecified atom stereocenters. The lowest BCUT2D eigenvalue weighted by Crippen LogP contribution is -2.33. The Morgan fingerprint density at radius 1 is 1.19 bits per heavy atom. The van der Waals surface area contributed by atoms with E-state index in [9.17, 15) is 4.79 Å². The van der Waals surface area contributed by atoms with Crippen molar-refractivity contribution in [1.82, 2.24) is 24.6 Å². The average molecular weight is 348 g/mol. The van der Waals surface area contributed by atoms with Gasteiger partial charge < -0.3 is 10.2 Å². The van der Waals surface area contributed by atoms with Gasteiger partial charge in [0.2, 0.25) is 0 Å². The van der Waals surface area contributed by atoms with E-state index in [1.165, 1.54) is 16.6 Å². The van der Waals surface area contributed by atoms with Gasteiger partial charge in [0.15, 0.2) is 5.82 Å². The number of carbonyl (C=O) groups excluding carboxylic acids is 1. The molecule has 1 saturated heterocycles. The normalized spacial score (nSPS) is 16.6. The van der Waals surface area contributed by atoms with Crippen LogP contribution in [0.25, 0.3) is 5.82 Å². The number of hydrogen-bond donors (Lipinski definition) is 1. The number of nitrogens with one attached hydrogen (secondary N) is 1. The zero-order chi connectivity index (χ0) is 17.8. The van der Waals surface area contributed by atoms with Crippen LogP contribution in [0.2, 0.25) is 0 Å². The Balaban J connectivity index is 1.40. The van der Waals surface area contributed by atoms with Crippen LogP contribution in [0.15, 0.2) is 61.3 Å². The van der Waals surface area contributed by atoms with Gasteiger partial charge in [-0.25, -0.2) is 19.4 Å².